The van der Waals surface area contributed by atoms with Crippen molar-refractivity contribution in [1.29, 1.82) is 0 Å². The van der Waals surface area contributed by atoms with Crippen LogP contribution in [0, 0.1) is 0 Å². The van der Waals surface area contributed by atoms with Crippen molar-refractivity contribution >= 4 is 39.7 Å². The van der Waals surface area contributed by atoms with E-state index in [1.807, 2.05) is 42.5 Å². The standard InChI is InChI=1S/C23H19ClN6O2/c24-15-6-7-19-18(12-15)26-22(32-19)14-8-10-29(11-9-14)23-27-20-17(21(31)28-23)13-25-30(20)16-4-2-1-3-5-16/h1-7,12-14H,8-11H2,(H,27,28,31). The summed E-state index contributed by atoms with van der Waals surface area (Å²) in [4.78, 5) is 27.1. The molecular weight excluding hydrogens is 428 g/mol. The van der Waals surface area contributed by atoms with Gasteiger partial charge in [-0.15, -0.1) is 0 Å². The molecule has 0 radical (unpaired) electrons. The number of oxazole rings is 1. The van der Waals surface area contributed by atoms with Crippen LogP contribution in [0.4, 0.5) is 5.95 Å². The second kappa shape index (κ2) is 7.49. The Kier molecular flexibility index (Phi) is 4.46. The molecule has 0 unspecified atom stereocenters. The first-order chi connectivity index (χ1) is 15.7. The summed E-state index contributed by atoms with van der Waals surface area (Å²) in [5.74, 6) is 1.51. The zero-order valence-electron chi connectivity index (χ0n) is 17.0. The number of hydrogen-bond acceptors (Lipinski definition) is 6. The number of benzene rings is 2. The fourth-order valence-corrected chi connectivity index (χ4v) is 4.41. The normalized spacial score (nSPS) is 15.1. The quantitative estimate of drug-likeness (QED) is 0.444. The van der Waals surface area contributed by atoms with Crippen LogP contribution in [-0.2, 0) is 0 Å². The van der Waals surface area contributed by atoms with Crippen molar-refractivity contribution in [2.45, 2.75) is 18.8 Å². The van der Waals surface area contributed by atoms with E-state index in [2.05, 4.69) is 20.0 Å². The van der Waals surface area contributed by atoms with Crippen LogP contribution in [0.1, 0.15) is 24.7 Å². The van der Waals surface area contributed by atoms with Gasteiger partial charge < -0.3 is 9.32 Å². The summed E-state index contributed by atoms with van der Waals surface area (Å²) in [5, 5.41) is 5.49. The fourth-order valence-electron chi connectivity index (χ4n) is 4.25. The van der Waals surface area contributed by atoms with E-state index in [4.69, 9.17) is 21.0 Å². The number of piperidine rings is 1. The molecule has 0 saturated carbocycles. The van der Waals surface area contributed by atoms with Gasteiger partial charge in [-0.3, -0.25) is 9.78 Å². The molecule has 4 heterocycles. The number of H-pyrrole nitrogens is 1. The monoisotopic (exact) mass is 446 g/mol. The number of halogens is 1. The molecular formula is C23H19ClN6O2. The van der Waals surface area contributed by atoms with E-state index in [9.17, 15) is 4.79 Å². The predicted octanol–water partition coefficient (Wildman–Crippen LogP) is 4.29. The van der Waals surface area contributed by atoms with Crippen molar-refractivity contribution in [2.75, 3.05) is 18.0 Å². The van der Waals surface area contributed by atoms with Gasteiger partial charge in [-0.05, 0) is 43.2 Å². The molecule has 0 aliphatic carbocycles. The highest BCUT2D eigenvalue weighted by Crippen LogP contribution is 2.32. The molecule has 0 bridgehead atoms. The first kappa shape index (κ1) is 19.1. The number of para-hydroxylation sites is 1. The van der Waals surface area contributed by atoms with Gasteiger partial charge in [-0.25, -0.2) is 9.67 Å². The van der Waals surface area contributed by atoms with Gasteiger partial charge in [0.2, 0.25) is 5.95 Å². The van der Waals surface area contributed by atoms with E-state index in [1.54, 1.807) is 16.9 Å². The van der Waals surface area contributed by atoms with Gasteiger partial charge in [0.05, 0.1) is 11.9 Å². The van der Waals surface area contributed by atoms with Crippen molar-refractivity contribution in [2.24, 2.45) is 0 Å². The zero-order valence-corrected chi connectivity index (χ0v) is 17.8. The molecule has 8 nitrogen and oxygen atoms in total. The fraction of sp³-hybridized carbons (Fsp3) is 0.217. The van der Waals surface area contributed by atoms with Crippen LogP contribution in [0.5, 0.6) is 0 Å². The van der Waals surface area contributed by atoms with Gasteiger partial charge in [0.1, 0.15) is 10.9 Å². The number of fused-ring (bicyclic) bond motifs is 2. The number of nitrogens with zero attached hydrogens (tertiary/aromatic N) is 5. The van der Waals surface area contributed by atoms with Crippen LogP contribution in [0.2, 0.25) is 5.02 Å². The first-order valence-electron chi connectivity index (χ1n) is 10.5. The maximum Gasteiger partial charge on any atom is 0.263 e. The number of anilines is 1. The lowest BCUT2D eigenvalue weighted by molar-refractivity contribution is 0.405. The summed E-state index contributed by atoms with van der Waals surface area (Å²) in [7, 11) is 0. The number of nitrogens with one attached hydrogen (secondary N) is 1. The molecule has 0 amide bonds. The maximum atomic E-state index is 12.7. The molecule has 0 atom stereocenters. The molecule has 1 saturated heterocycles. The molecule has 2 aromatic carbocycles. The molecule has 1 aliphatic heterocycles. The number of hydrogen-bond donors (Lipinski definition) is 1. The van der Waals surface area contributed by atoms with Crippen LogP contribution in [0.25, 0.3) is 27.8 Å². The molecule has 0 spiro atoms. The van der Waals surface area contributed by atoms with Gasteiger partial charge in [-0.2, -0.15) is 10.1 Å². The van der Waals surface area contributed by atoms with Crippen molar-refractivity contribution < 1.29 is 4.42 Å². The van der Waals surface area contributed by atoms with Crippen LogP contribution in [0.3, 0.4) is 0 Å². The van der Waals surface area contributed by atoms with Gasteiger partial charge in [0, 0.05) is 24.0 Å². The molecule has 1 N–H and O–H groups in total. The SMILES string of the molecule is O=c1[nH]c(N2CCC(c3nc4cc(Cl)ccc4o3)CC2)nc2c1cnn2-c1ccccc1. The van der Waals surface area contributed by atoms with E-state index < -0.39 is 0 Å². The minimum absolute atomic E-state index is 0.190. The first-order valence-corrected chi connectivity index (χ1v) is 10.9. The van der Waals surface area contributed by atoms with E-state index in [0.717, 1.165) is 48.6 Å². The molecule has 1 fully saturated rings. The summed E-state index contributed by atoms with van der Waals surface area (Å²) in [6.45, 7) is 1.47. The molecule has 6 rings (SSSR count). The highest BCUT2D eigenvalue weighted by atomic mass is 35.5. The summed E-state index contributed by atoms with van der Waals surface area (Å²) in [6, 6.07) is 15.2. The number of rotatable bonds is 3. The molecule has 3 aromatic heterocycles. The summed E-state index contributed by atoms with van der Waals surface area (Å²) in [6.07, 6.45) is 3.25. The second-order valence-electron chi connectivity index (χ2n) is 7.94. The van der Waals surface area contributed by atoms with E-state index in [-0.39, 0.29) is 11.5 Å². The Hall–Kier alpha value is -3.65. The van der Waals surface area contributed by atoms with Crippen molar-refractivity contribution in [1.82, 2.24) is 24.7 Å². The zero-order chi connectivity index (χ0) is 21.7. The Bertz CT molecular complexity index is 1480. The molecule has 32 heavy (non-hydrogen) atoms. The molecule has 1 aliphatic rings. The van der Waals surface area contributed by atoms with Gasteiger partial charge in [-0.1, -0.05) is 29.8 Å². The third kappa shape index (κ3) is 3.23. The Morgan fingerprint density at radius 2 is 1.88 bits per heavy atom. The third-order valence-corrected chi connectivity index (χ3v) is 6.17. The minimum atomic E-state index is -0.190. The topological polar surface area (TPSA) is 92.8 Å². The second-order valence-corrected chi connectivity index (χ2v) is 8.38. The summed E-state index contributed by atoms with van der Waals surface area (Å²) in [5.41, 5.74) is 2.75. The lowest BCUT2D eigenvalue weighted by Crippen LogP contribution is -2.35. The summed E-state index contributed by atoms with van der Waals surface area (Å²) < 4.78 is 7.66. The average molecular weight is 447 g/mol. The maximum absolute atomic E-state index is 12.7. The lowest BCUT2D eigenvalue weighted by Gasteiger charge is -2.30. The highest BCUT2D eigenvalue weighted by molar-refractivity contribution is 6.31. The largest absolute Gasteiger partial charge is 0.440 e. The van der Waals surface area contributed by atoms with Gasteiger partial charge in [0.15, 0.2) is 17.1 Å². The Morgan fingerprint density at radius 1 is 1.06 bits per heavy atom. The highest BCUT2D eigenvalue weighted by Gasteiger charge is 2.26. The summed E-state index contributed by atoms with van der Waals surface area (Å²) >= 11 is 6.07. The van der Waals surface area contributed by atoms with Gasteiger partial charge >= 0.3 is 0 Å². The van der Waals surface area contributed by atoms with E-state index >= 15 is 0 Å². The molecule has 9 heteroatoms. The van der Waals surface area contributed by atoms with Crippen molar-refractivity contribution in [3.63, 3.8) is 0 Å². The average Bonchev–Trinajstić information content (AvgIpc) is 3.44. The number of aromatic nitrogens is 5. The predicted molar refractivity (Wildman–Crippen MR) is 123 cm³/mol. The van der Waals surface area contributed by atoms with Crippen LogP contribution in [0.15, 0.2) is 63.9 Å². The third-order valence-electron chi connectivity index (χ3n) is 5.94. The van der Waals surface area contributed by atoms with Crippen LogP contribution < -0.4 is 10.5 Å². The number of aromatic amines is 1. The smallest absolute Gasteiger partial charge is 0.263 e. The van der Waals surface area contributed by atoms with Crippen molar-refractivity contribution in [3.8, 4) is 5.69 Å². The Morgan fingerprint density at radius 3 is 2.69 bits per heavy atom. The van der Waals surface area contributed by atoms with Crippen LogP contribution >= 0.6 is 11.6 Å². The Labute approximate surface area is 187 Å². The van der Waals surface area contributed by atoms with Crippen LogP contribution in [-0.4, -0.2) is 37.8 Å². The van der Waals surface area contributed by atoms with Crippen molar-refractivity contribution in [3.05, 3.63) is 76.0 Å². The van der Waals surface area contributed by atoms with E-state index in [0.29, 0.717) is 22.0 Å². The molecule has 5 aromatic rings. The minimum Gasteiger partial charge on any atom is -0.440 e. The lowest BCUT2D eigenvalue weighted by atomic mass is 9.97. The van der Waals surface area contributed by atoms with E-state index in [1.165, 1.54) is 0 Å². The molecule has 160 valence electrons. The Balaban J connectivity index is 1.27. The van der Waals surface area contributed by atoms with Gasteiger partial charge in [0.25, 0.3) is 5.56 Å².